The maximum atomic E-state index is 4.46. The van der Waals surface area contributed by atoms with Crippen LogP contribution >= 0.6 is 11.5 Å². The summed E-state index contributed by atoms with van der Waals surface area (Å²) in [7, 11) is 0. The number of nitrogens with zero attached hydrogens (tertiary/aromatic N) is 3. The van der Waals surface area contributed by atoms with E-state index in [-0.39, 0.29) is 0 Å². The molecule has 1 aromatic rings. The fourth-order valence-electron chi connectivity index (χ4n) is 2.17. The Morgan fingerprint density at radius 2 is 2.44 bits per heavy atom. The van der Waals surface area contributed by atoms with Crippen molar-refractivity contribution in [2.24, 2.45) is 5.92 Å². The number of aromatic nitrogens is 2. The Bertz CT molecular complexity index is 326. The van der Waals surface area contributed by atoms with Gasteiger partial charge < -0.3 is 10.2 Å². The molecule has 5 heteroatoms. The van der Waals surface area contributed by atoms with E-state index in [9.17, 15) is 0 Å². The van der Waals surface area contributed by atoms with Gasteiger partial charge in [-0.05, 0) is 38.8 Å². The van der Waals surface area contributed by atoms with E-state index in [0.29, 0.717) is 0 Å². The Morgan fingerprint density at radius 3 is 3.12 bits per heavy atom. The summed E-state index contributed by atoms with van der Waals surface area (Å²) in [5, 5.41) is 4.53. The third-order valence-corrected chi connectivity index (χ3v) is 3.86. The van der Waals surface area contributed by atoms with Crippen molar-refractivity contribution in [1.29, 1.82) is 0 Å². The lowest BCUT2D eigenvalue weighted by Crippen LogP contribution is -2.39. The van der Waals surface area contributed by atoms with E-state index in [1.54, 1.807) is 0 Å². The van der Waals surface area contributed by atoms with Gasteiger partial charge in [0, 0.05) is 24.6 Å². The van der Waals surface area contributed by atoms with Crippen molar-refractivity contribution in [2.75, 3.05) is 31.1 Å². The number of hydrogen-bond acceptors (Lipinski definition) is 5. The molecule has 0 spiro atoms. The van der Waals surface area contributed by atoms with Crippen LogP contribution < -0.4 is 10.2 Å². The number of piperidine rings is 1. The topological polar surface area (TPSA) is 41.0 Å². The molecule has 90 valence electrons. The largest absolute Gasteiger partial charge is 0.347 e. The number of rotatable bonds is 4. The highest BCUT2D eigenvalue weighted by Crippen LogP contribution is 2.24. The van der Waals surface area contributed by atoms with Crippen LogP contribution in [0.5, 0.6) is 0 Å². The van der Waals surface area contributed by atoms with Gasteiger partial charge in [-0.1, -0.05) is 6.92 Å². The van der Waals surface area contributed by atoms with Gasteiger partial charge >= 0.3 is 0 Å². The predicted octanol–water partition coefficient (Wildman–Crippen LogP) is 1.67. The highest BCUT2D eigenvalue weighted by Gasteiger charge is 2.21. The molecular weight excluding hydrogens is 220 g/mol. The van der Waals surface area contributed by atoms with Gasteiger partial charge in [0.2, 0.25) is 5.13 Å². The molecule has 2 heterocycles. The molecule has 0 amide bonds. The lowest BCUT2D eigenvalue weighted by Gasteiger charge is -2.32. The summed E-state index contributed by atoms with van der Waals surface area (Å²) >= 11 is 1.53. The van der Waals surface area contributed by atoms with E-state index in [1.807, 2.05) is 6.92 Å². The first-order valence-corrected chi connectivity index (χ1v) is 6.83. The van der Waals surface area contributed by atoms with Crippen molar-refractivity contribution in [3.8, 4) is 0 Å². The van der Waals surface area contributed by atoms with Gasteiger partial charge in [0.15, 0.2) is 0 Å². The maximum Gasteiger partial charge on any atom is 0.205 e. The lowest BCUT2D eigenvalue weighted by molar-refractivity contribution is 0.395. The third kappa shape index (κ3) is 2.92. The average molecular weight is 240 g/mol. The molecule has 1 fully saturated rings. The molecule has 1 saturated heterocycles. The summed E-state index contributed by atoms with van der Waals surface area (Å²) in [5.74, 6) is 1.66. The van der Waals surface area contributed by atoms with Crippen LogP contribution in [0, 0.1) is 12.8 Å². The van der Waals surface area contributed by atoms with E-state index in [2.05, 4.69) is 26.5 Å². The van der Waals surface area contributed by atoms with E-state index in [1.165, 1.54) is 24.4 Å². The van der Waals surface area contributed by atoms with E-state index in [4.69, 9.17) is 0 Å². The Hall–Kier alpha value is -0.680. The lowest BCUT2D eigenvalue weighted by atomic mass is 9.98. The fraction of sp³-hybridized carbons (Fsp3) is 0.818. The zero-order chi connectivity index (χ0) is 11.4. The Labute approximate surface area is 101 Å². The van der Waals surface area contributed by atoms with Crippen LogP contribution in [0.3, 0.4) is 0 Å². The van der Waals surface area contributed by atoms with Crippen molar-refractivity contribution in [3.63, 3.8) is 0 Å². The second-order valence-corrected chi connectivity index (χ2v) is 5.12. The summed E-state index contributed by atoms with van der Waals surface area (Å²) in [6.07, 6.45) is 2.61. The van der Waals surface area contributed by atoms with Gasteiger partial charge in [0.25, 0.3) is 0 Å². The Kier molecular flexibility index (Phi) is 4.12. The van der Waals surface area contributed by atoms with Crippen molar-refractivity contribution >= 4 is 16.7 Å². The van der Waals surface area contributed by atoms with Gasteiger partial charge in [-0.2, -0.15) is 4.37 Å². The second kappa shape index (κ2) is 5.59. The zero-order valence-electron chi connectivity index (χ0n) is 10.1. The zero-order valence-corrected chi connectivity index (χ0v) is 10.9. The highest BCUT2D eigenvalue weighted by molar-refractivity contribution is 7.09. The van der Waals surface area contributed by atoms with Crippen LogP contribution in [0.25, 0.3) is 0 Å². The molecule has 1 aromatic heterocycles. The van der Waals surface area contributed by atoms with E-state index in [0.717, 1.165) is 43.1 Å². The molecule has 1 N–H and O–H groups in total. The quantitative estimate of drug-likeness (QED) is 0.869. The summed E-state index contributed by atoms with van der Waals surface area (Å²) in [6, 6.07) is 0. The SMILES string of the molecule is CCNCC1CCCN(c2nc(C)ns2)C1. The first kappa shape index (κ1) is 11.8. The smallest absolute Gasteiger partial charge is 0.205 e. The molecule has 1 atom stereocenters. The number of anilines is 1. The minimum Gasteiger partial charge on any atom is -0.347 e. The van der Waals surface area contributed by atoms with Crippen molar-refractivity contribution < 1.29 is 0 Å². The van der Waals surface area contributed by atoms with E-state index < -0.39 is 0 Å². The molecule has 0 bridgehead atoms. The van der Waals surface area contributed by atoms with Crippen LogP contribution in [0.4, 0.5) is 5.13 Å². The number of hydrogen-bond donors (Lipinski definition) is 1. The normalized spacial score (nSPS) is 21.4. The monoisotopic (exact) mass is 240 g/mol. The molecule has 1 aliphatic heterocycles. The summed E-state index contributed by atoms with van der Waals surface area (Å²) in [4.78, 5) is 6.85. The van der Waals surface area contributed by atoms with Crippen LogP contribution in [0.1, 0.15) is 25.6 Å². The van der Waals surface area contributed by atoms with Crippen molar-refractivity contribution in [2.45, 2.75) is 26.7 Å². The molecular formula is C11H20N4S. The number of aryl methyl sites for hydroxylation is 1. The first-order chi connectivity index (χ1) is 7.79. The van der Waals surface area contributed by atoms with Crippen molar-refractivity contribution in [3.05, 3.63) is 5.82 Å². The van der Waals surface area contributed by atoms with Gasteiger partial charge in [0.05, 0.1) is 0 Å². The summed E-state index contributed by atoms with van der Waals surface area (Å²) in [6.45, 7) is 8.58. The molecule has 1 aliphatic rings. The molecule has 0 aliphatic carbocycles. The second-order valence-electron chi connectivity index (χ2n) is 4.39. The Balaban J connectivity index is 1.91. The molecule has 2 rings (SSSR count). The standard InChI is InChI=1S/C11H20N4S/c1-3-12-7-10-5-4-6-15(8-10)11-13-9(2)14-16-11/h10,12H,3-8H2,1-2H3. The average Bonchev–Trinajstić information content (AvgIpc) is 2.74. The van der Waals surface area contributed by atoms with Crippen LogP contribution in [0.15, 0.2) is 0 Å². The van der Waals surface area contributed by atoms with Crippen LogP contribution in [-0.4, -0.2) is 35.5 Å². The predicted molar refractivity (Wildman–Crippen MR) is 68.1 cm³/mol. The Morgan fingerprint density at radius 1 is 1.56 bits per heavy atom. The minimum absolute atomic E-state index is 0.762. The fourth-order valence-corrected chi connectivity index (χ4v) is 2.88. The minimum atomic E-state index is 0.762. The maximum absolute atomic E-state index is 4.46. The molecule has 0 radical (unpaired) electrons. The van der Waals surface area contributed by atoms with Crippen LogP contribution in [-0.2, 0) is 0 Å². The number of nitrogens with one attached hydrogen (secondary N) is 1. The molecule has 0 saturated carbocycles. The third-order valence-electron chi connectivity index (χ3n) is 2.99. The van der Waals surface area contributed by atoms with Gasteiger partial charge in [0.1, 0.15) is 5.82 Å². The van der Waals surface area contributed by atoms with E-state index >= 15 is 0 Å². The van der Waals surface area contributed by atoms with Gasteiger partial charge in [-0.3, -0.25) is 0 Å². The molecule has 16 heavy (non-hydrogen) atoms. The summed E-state index contributed by atoms with van der Waals surface area (Å²) in [5.41, 5.74) is 0. The molecule has 4 nitrogen and oxygen atoms in total. The van der Waals surface area contributed by atoms with Crippen molar-refractivity contribution in [1.82, 2.24) is 14.7 Å². The summed E-state index contributed by atoms with van der Waals surface area (Å²) < 4.78 is 4.25. The van der Waals surface area contributed by atoms with Gasteiger partial charge in [-0.15, -0.1) is 0 Å². The highest BCUT2D eigenvalue weighted by atomic mass is 32.1. The first-order valence-electron chi connectivity index (χ1n) is 6.05. The molecule has 0 aromatic carbocycles. The van der Waals surface area contributed by atoms with Crippen LogP contribution in [0.2, 0.25) is 0 Å². The molecule has 1 unspecified atom stereocenters. The van der Waals surface area contributed by atoms with Gasteiger partial charge in [-0.25, -0.2) is 4.98 Å².